The molecule has 0 heterocycles. The first-order valence-corrected chi connectivity index (χ1v) is 5.46. The quantitative estimate of drug-likeness (QED) is 0.593. The molecular formula is C12H13F3O4. The van der Waals surface area contributed by atoms with Crippen molar-refractivity contribution in [2.45, 2.75) is 19.2 Å². The summed E-state index contributed by atoms with van der Waals surface area (Å²) in [7, 11) is 1.29. The molecule has 0 spiro atoms. The molecular weight excluding hydrogens is 265 g/mol. The van der Waals surface area contributed by atoms with Crippen LogP contribution < -0.4 is 9.47 Å². The van der Waals surface area contributed by atoms with E-state index in [0.717, 1.165) is 12.1 Å². The lowest BCUT2D eigenvalue weighted by molar-refractivity contribution is -0.274. The molecule has 1 aromatic carbocycles. The highest BCUT2D eigenvalue weighted by atomic mass is 19.4. The number of esters is 1. The number of hydrogen-bond acceptors (Lipinski definition) is 4. The van der Waals surface area contributed by atoms with Crippen LogP contribution in [0.25, 0.3) is 0 Å². The number of alkyl halides is 3. The molecule has 0 amide bonds. The van der Waals surface area contributed by atoms with E-state index in [2.05, 4.69) is 9.47 Å². The molecule has 19 heavy (non-hydrogen) atoms. The Bertz CT molecular complexity index is 400. The first-order chi connectivity index (χ1) is 8.90. The summed E-state index contributed by atoms with van der Waals surface area (Å²) in [5.74, 6) is -0.244. The Kier molecular flexibility index (Phi) is 5.47. The molecule has 0 radical (unpaired) electrons. The van der Waals surface area contributed by atoms with E-state index in [-0.39, 0.29) is 24.7 Å². The molecule has 1 aromatic rings. The van der Waals surface area contributed by atoms with E-state index in [1.165, 1.54) is 19.2 Å². The summed E-state index contributed by atoms with van der Waals surface area (Å²) in [6.07, 6.45) is -4.01. The van der Waals surface area contributed by atoms with Crippen molar-refractivity contribution in [1.82, 2.24) is 0 Å². The molecule has 0 unspecified atom stereocenters. The van der Waals surface area contributed by atoms with E-state index < -0.39 is 6.36 Å². The van der Waals surface area contributed by atoms with E-state index >= 15 is 0 Å². The number of ether oxygens (including phenoxy) is 3. The minimum Gasteiger partial charge on any atom is -0.494 e. The van der Waals surface area contributed by atoms with Crippen LogP contribution in [0, 0.1) is 0 Å². The van der Waals surface area contributed by atoms with Gasteiger partial charge in [-0.05, 0) is 30.7 Å². The molecule has 1 rings (SSSR count). The summed E-state index contributed by atoms with van der Waals surface area (Å²) in [4.78, 5) is 10.8. The summed E-state index contributed by atoms with van der Waals surface area (Å²) in [6, 6.07) is 5.03. The molecule has 0 aromatic heterocycles. The topological polar surface area (TPSA) is 44.8 Å². The van der Waals surface area contributed by atoms with Gasteiger partial charge in [-0.15, -0.1) is 13.2 Å². The average Bonchev–Trinajstić information content (AvgIpc) is 2.34. The zero-order valence-corrected chi connectivity index (χ0v) is 10.2. The molecule has 106 valence electrons. The molecule has 0 aliphatic rings. The molecule has 0 atom stereocenters. The van der Waals surface area contributed by atoms with Crippen LogP contribution in [-0.4, -0.2) is 26.0 Å². The molecule has 4 nitrogen and oxygen atoms in total. The normalized spacial score (nSPS) is 10.9. The van der Waals surface area contributed by atoms with Gasteiger partial charge in [-0.25, -0.2) is 0 Å². The van der Waals surface area contributed by atoms with Crippen LogP contribution in [0.1, 0.15) is 12.8 Å². The van der Waals surface area contributed by atoms with Gasteiger partial charge in [-0.1, -0.05) is 0 Å². The maximum absolute atomic E-state index is 11.9. The van der Waals surface area contributed by atoms with Crippen LogP contribution >= 0.6 is 0 Å². The highest BCUT2D eigenvalue weighted by Gasteiger charge is 2.30. The van der Waals surface area contributed by atoms with E-state index in [1.807, 2.05) is 0 Å². The van der Waals surface area contributed by atoms with Crippen molar-refractivity contribution in [1.29, 1.82) is 0 Å². The summed E-state index contributed by atoms with van der Waals surface area (Å²) >= 11 is 0. The van der Waals surface area contributed by atoms with Gasteiger partial charge in [0.05, 0.1) is 13.7 Å². The lowest BCUT2D eigenvalue weighted by Crippen LogP contribution is -2.16. The van der Waals surface area contributed by atoms with Crippen LogP contribution in [0.15, 0.2) is 24.3 Å². The Morgan fingerprint density at radius 3 is 2.26 bits per heavy atom. The molecule has 0 N–H and O–H groups in total. The third kappa shape index (κ3) is 6.54. The smallest absolute Gasteiger partial charge is 0.494 e. The predicted octanol–water partition coefficient (Wildman–Crippen LogP) is 2.92. The number of carbonyl (C=O) groups excluding carboxylic acids is 1. The number of rotatable bonds is 6. The Balaban J connectivity index is 2.34. The lowest BCUT2D eigenvalue weighted by Gasteiger charge is -2.10. The van der Waals surface area contributed by atoms with Crippen LogP contribution in [0.2, 0.25) is 0 Å². The van der Waals surface area contributed by atoms with Crippen molar-refractivity contribution in [2.24, 2.45) is 0 Å². The highest BCUT2D eigenvalue weighted by molar-refractivity contribution is 5.69. The Morgan fingerprint density at radius 1 is 1.16 bits per heavy atom. The van der Waals surface area contributed by atoms with Crippen molar-refractivity contribution >= 4 is 5.97 Å². The molecule has 0 fully saturated rings. The summed E-state index contributed by atoms with van der Waals surface area (Å²) in [6.45, 7) is 0.272. The first-order valence-electron chi connectivity index (χ1n) is 5.46. The van der Waals surface area contributed by atoms with E-state index in [9.17, 15) is 18.0 Å². The van der Waals surface area contributed by atoms with E-state index in [1.54, 1.807) is 0 Å². The van der Waals surface area contributed by atoms with E-state index in [0.29, 0.717) is 12.2 Å². The third-order valence-corrected chi connectivity index (χ3v) is 2.08. The monoisotopic (exact) mass is 278 g/mol. The third-order valence-electron chi connectivity index (χ3n) is 2.08. The minimum absolute atomic E-state index is 0.228. The standard InChI is InChI=1S/C12H13F3O4/c1-17-11(16)3-2-8-18-9-4-6-10(7-5-9)19-12(13,14)15/h4-7H,2-3,8H2,1H3. The molecule has 0 aliphatic heterocycles. The summed E-state index contributed by atoms with van der Waals surface area (Å²) in [5.41, 5.74) is 0. The summed E-state index contributed by atoms with van der Waals surface area (Å²) in [5, 5.41) is 0. The van der Waals surface area contributed by atoms with Crippen molar-refractivity contribution < 1.29 is 32.2 Å². The molecule has 0 aliphatic carbocycles. The van der Waals surface area contributed by atoms with Gasteiger partial charge >= 0.3 is 12.3 Å². The van der Waals surface area contributed by atoms with Crippen LogP contribution in [0.4, 0.5) is 13.2 Å². The van der Waals surface area contributed by atoms with Crippen LogP contribution in [0.3, 0.4) is 0 Å². The fourth-order valence-electron chi connectivity index (χ4n) is 1.25. The number of halogens is 3. The van der Waals surface area contributed by atoms with Gasteiger partial charge in [0.1, 0.15) is 11.5 Å². The molecule has 7 heteroatoms. The van der Waals surface area contributed by atoms with Gasteiger partial charge in [0.25, 0.3) is 0 Å². The van der Waals surface area contributed by atoms with Gasteiger partial charge in [0.2, 0.25) is 0 Å². The predicted molar refractivity (Wildman–Crippen MR) is 59.9 cm³/mol. The molecule has 0 bridgehead atoms. The first kappa shape index (κ1) is 15.1. The minimum atomic E-state index is -4.71. The lowest BCUT2D eigenvalue weighted by atomic mass is 10.3. The number of carbonyl (C=O) groups is 1. The second-order valence-electron chi connectivity index (χ2n) is 3.55. The molecule has 0 saturated heterocycles. The van der Waals surface area contributed by atoms with Crippen LogP contribution in [0.5, 0.6) is 11.5 Å². The fourth-order valence-corrected chi connectivity index (χ4v) is 1.25. The summed E-state index contributed by atoms with van der Waals surface area (Å²) < 4.78 is 49.1. The zero-order valence-electron chi connectivity index (χ0n) is 10.2. The fraction of sp³-hybridized carbons (Fsp3) is 0.417. The van der Waals surface area contributed by atoms with Crippen molar-refractivity contribution in [3.8, 4) is 11.5 Å². The maximum Gasteiger partial charge on any atom is 0.573 e. The van der Waals surface area contributed by atoms with Gasteiger partial charge in [0, 0.05) is 6.42 Å². The van der Waals surface area contributed by atoms with Gasteiger partial charge in [0.15, 0.2) is 0 Å². The molecule has 0 saturated carbocycles. The Labute approximate surface area is 108 Å². The van der Waals surface area contributed by atoms with Crippen molar-refractivity contribution in [3.05, 3.63) is 24.3 Å². The van der Waals surface area contributed by atoms with Gasteiger partial charge in [-0.3, -0.25) is 4.79 Å². The largest absolute Gasteiger partial charge is 0.573 e. The highest BCUT2D eigenvalue weighted by Crippen LogP contribution is 2.24. The maximum atomic E-state index is 11.9. The van der Waals surface area contributed by atoms with Gasteiger partial charge < -0.3 is 14.2 Å². The SMILES string of the molecule is COC(=O)CCCOc1ccc(OC(F)(F)F)cc1. The van der Waals surface area contributed by atoms with Crippen LogP contribution in [-0.2, 0) is 9.53 Å². The van der Waals surface area contributed by atoms with Crippen molar-refractivity contribution in [3.63, 3.8) is 0 Å². The number of benzene rings is 1. The Morgan fingerprint density at radius 2 is 1.74 bits per heavy atom. The van der Waals surface area contributed by atoms with E-state index in [4.69, 9.17) is 4.74 Å². The second kappa shape index (κ2) is 6.86. The Hall–Kier alpha value is -1.92. The average molecular weight is 278 g/mol. The van der Waals surface area contributed by atoms with Gasteiger partial charge in [-0.2, -0.15) is 0 Å². The number of hydrogen-bond donors (Lipinski definition) is 0. The van der Waals surface area contributed by atoms with Crippen molar-refractivity contribution in [2.75, 3.05) is 13.7 Å². The second-order valence-corrected chi connectivity index (χ2v) is 3.55. The number of methoxy groups -OCH3 is 1. The zero-order chi connectivity index (χ0) is 14.3.